The average molecular weight is 241 g/mol. The highest BCUT2D eigenvalue weighted by atomic mass is 16.2. The normalized spacial score (nSPS) is 22.5. The molecule has 6 N–H and O–H groups in total. The van der Waals surface area contributed by atoms with Crippen molar-refractivity contribution in [2.45, 2.75) is 37.4 Å². The summed E-state index contributed by atoms with van der Waals surface area (Å²) in [6.45, 7) is 0.271. The van der Waals surface area contributed by atoms with Crippen LogP contribution in [0.2, 0.25) is 0 Å². The van der Waals surface area contributed by atoms with E-state index in [4.69, 9.17) is 11.5 Å². The summed E-state index contributed by atoms with van der Waals surface area (Å²) in [6, 6.07) is -2.17. The first-order valence-electron chi connectivity index (χ1n) is 5.51. The molecule has 17 heavy (non-hydrogen) atoms. The Morgan fingerprint density at radius 1 is 1.47 bits per heavy atom. The number of nitrogens with one attached hydrogen (secondary N) is 2. The van der Waals surface area contributed by atoms with Gasteiger partial charge in [-0.3, -0.25) is 9.59 Å². The standard InChI is InChI=1S/C10H17N4O3/c11-6(5-15)2-1-3-7(12)9(16)8-4-13-10(17)14-8/h6-8H,1-4,11-12H2,(H2,13,14,17)/t6-,7?,8?/m0/s1. The lowest BCUT2D eigenvalue weighted by Gasteiger charge is -2.14. The van der Waals surface area contributed by atoms with Gasteiger partial charge in [-0.15, -0.1) is 0 Å². The van der Waals surface area contributed by atoms with Gasteiger partial charge in [0.15, 0.2) is 5.78 Å². The van der Waals surface area contributed by atoms with Crippen LogP contribution in [0.1, 0.15) is 19.3 Å². The van der Waals surface area contributed by atoms with Crippen molar-refractivity contribution < 1.29 is 14.4 Å². The van der Waals surface area contributed by atoms with Crippen molar-refractivity contribution in [1.82, 2.24) is 10.6 Å². The Kier molecular flexibility index (Phi) is 5.05. The lowest BCUT2D eigenvalue weighted by molar-refractivity contribution is -0.121. The van der Waals surface area contributed by atoms with Gasteiger partial charge in [0.05, 0.1) is 12.1 Å². The number of amides is 2. The minimum atomic E-state index is -0.640. The van der Waals surface area contributed by atoms with Gasteiger partial charge in [0, 0.05) is 6.54 Å². The highest BCUT2D eigenvalue weighted by Crippen LogP contribution is 2.05. The Hall–Kier alpha value is -1.47. The molecule has 1 heterocycles. The van der Waals surface area contributed by atoms with Gasteiger partial charge in [0.2, 0.25) is 6.29 Å². The summed E-state index contributed by atoms with van der Waals surface area (Å²) in [4.78, 5) is 32.8. The predicted octanol–water partition coefficient (Wildman–Crippen LogP) is -1.83. The molecule has 0 aromatic rings. The number of carbonyl (C=O) groups is 2. The average Bonchev–Trinajstić information content (AvgIpc) is 2.74. The molecule has 1 aliphatic heterocycles. The number of ketones is 1. The maximum atomic E-state index is 11.7. The summed E-state index contributed by atoms with van der Waals surface area (Å²) >= 11 is 0. The maximum absolute atomic E-state index is 11.7. The van der Waals surface area contributed by atoms with Crippen LogP contribution in [0.15, 0.2) is 0 Å². The molecule has 1 saturated heterocycles. The quantitative estimate of drug-likeness (QED) is 0.417. The Morgan fingerprint density at radius 3 is 2.71 bits per heavy atom. The van der Waals surface area contributed by atoms with Crippen LogP contribution in [-0.2, 0) is 9.59 Å². The third kappa shape index (κ3) is 4.12. The van der Waals surface area contributed by atoms with Gasteiger partial charge in [-0.25, -0.2) is 4.79 Å². The number of hydrogen-bond donors (Lipinski definition) is 4. The second-order valence-corrected chi connectivity index (χ2v) is 4.07. The molecule has 0 spiro atoms. The number of Topliss-reactive ketones (excluding diaryl/α,β-unsaturated/α-hetero) is 1. The summed E-state index contributed by atoms with van der Waals surface area (Å²) < 4.78 is 0. The fourth-order valence-corrected chi connectivity index (χ4v) is 1.64. The van der Waals surface area contributed by atoms with Gasteiger partial charge in [-0.2, -0.15) is 0 Å². The van der Waals surface area contributed by atoms with Crippen molar-refractivity contribution in [2.24, 2.45) is 11.5 Å². The first-order valence-corrected chi connectivity index (χ1v) is 5.51. The van der Waals surface area contributed by atoms with E-state index in [0.29, 0.717) is 19.3 Å². The molecule has 7 nitrogen and oxygen atoms in total. The van der Waals surface area contributed by atoms with E-state index in [1.807, 2.05) is 0 Å². The molecule has 2 unspecified atom stereocenters. The Morgan fingerprint density at radius 2 is 2.18 bits per heavy atom. The molecular formula is C10H17N4O3. The zero-order chi connectivity index (χ0) is 12.8. The van der Waals surface area contributed by atoms with Crippen LogP contribution >= 0.6 is 0 Å². The summed E-state index contributed by atoms with van der Waals surface area (Å²) in [5.41, 5.74) is 11.1. The highest BCUT2D eigenvalue weighted by molar-refractivity contribution is 5.94. The van der Waals surface area contributed by atoms with Gasteiger partial charge in [0.1, 0.15) is 6.04 Å². The summed E-state index contributed by atoms with van der Waals surface area (Å²) in [7, 11) is 0. The second kappa shape index (κ2) is 6.31. The molecule has 1 rings (SSSR count). The fraction of sp³-hybridized carbons (Fsp3) is 0.700. The number of rotatable bonds is 7. The molecule has 2 amide bonds. The lowest BCUT2D eigenvalue weighted by atomic mass is 10.00. The second-order valence-electron chi connectivity index (χ2n) is 4.07. The topological polar surface area (TPSA) is 127 Å². The molecule has 0 aromatic carbocycles. The molecule has 0 bridgehead atoms. The van der Waals surface area contributed by atoms with Crippen LogP contribution in [0.3, 0.4) is 0 Å². The first-order chi connectivity index (χ1) is 8.04. The van der Waals surface area contributed by atoms with Crippen molar-refractivity contribution in [3.05, 3.63) is 0 Å². The van der Waals surface area contributed by atoms with Crippen molar-refractivity contribution in [2.75, 3.05) is 6.54 Å². The van der Waals surface area contributed by atoms with E-state index >= 15 is 0 Å². The minimum Gasteiger partial charge on any atom is -0.336 e. The minimum absolute atomic E-state index is 0.202. The first kappa shape index (κ1) is 13.6. The van der Waals surface area contributed by atoms with Crippen molar-refractivity contribution in [1.29, 1.82) is 0 Å². The van der Waals surface area contributed by atoms with E-state index < -0.39 is 18.1 Å². The monoisotopic (exact) mass is 241 g/mol. The fourth-order valence-electron chi connectivity index (χ4n) is 1.64. The molecule has 7 heteroatoms. The van der Waals surface area contributed by atoms with Crippen LogP contribution < -0.4 is 22.1 Å². The van der Waals surface area contributed by atoms with Crippen LogP contribution in [-0.4, -0.2) is 42.8 Å². The van der Waals surface area contributed by atoms with Gasteiger partial charge in [-0.05, 0) is 19.3 Å². The van der Waals surface area contributed by atoms with Crippen LogP contribution in [0.4, 0.5) is 4.79 Å². The Labute approximate surface area is 99.3 Å². The van der Waals surface area contributed by atoms with E-state index in [0.717, 1.165) is 0 Å². The Bertz CT molecular complexity index is 308. The largest absolute Gasteiger partial charge is 0.336 e. The highest BCUT2D eigenvalue weighted by Gasteiger charge is 2.29. The lowest BCUT2D eigenvalue weighted by Crippen LogP contribution is -2.45. The molecule has 1 radical (unpaired) electrons. The summed E-state index contributed by atoms with van der Waals surface area (Å²) in [5, 5.41) is 4.97. The third-order valence-corrected chi connectivity index (χ3v) is 2.66. The number of hydrogen-bond acceptors (Lipinski definition) is 5. The molecule has 3 atom stereocenters. The third-order valence-electron chi connectivity index (χ3n) is 2.66. The molecule has 1 fully saturated rings. The Balaban J connectivity index is 2.27. The van der Waals surface area contributed by atoms with Crippen molar-refractivity contribution >= 4 is 18.1 Å². The van der Waals surface area contributed by atoms with Gasteiger partial charge < -0.3 is 22.1 Å². The van der Waals surface area contributed by atoms with Crippen molar-refractivity contribution in [3.63, 3.8) is 0 Å². The van der Waals surface area contributed by atoms with Crippen LogP contribution in [0, 0.1) is 0 Å². The predicted molar refractivity (Wildman–Crippen MR) is 60.8 cm³/mol. The van der Waals surface area contributed by atoms with E-state index in [-0.39, 0.29) is 18.4 Å². The smallest absolute Gasteiger partial charge is 0.315 e. The molecule has 0 aromatic heterocycles. The SMILES string of the molecule is NC(CCC[C@H](N)[C]=O)C(=O)C1CNC(=O)N1. The van der Waals surface area contributed by atoms with Gasteiger partial charge in [0.25, 0.3) is 0 Å². The summed E-state index contributed by atoms with van der Waals surface area (Å²) in [6.07, 6.45) is 3.15. The number of carbonyl (C=O) groups excluding carboxylic acids is 3. The van der Waals surface area contributed by atoms with Gasteiger partial charge >= 0.3 is 6.03 Å². The summed E-state index contributed by atoms with van der Waals surface area (Å²) in [5.74, 6) is -0.202. The molecule has 0 aliphatic carbocycles. The maximum Gasteiger partial charge on any atom is 0.315 e. The molecule has 0 saturated carbocycles. The number of nitrogens with two attached hydrogens (primary N) is 2. The van der Waals surface area contributed by atoms with E-state index in [9.17, 15) is 14.4 Å². The number of urea groups is 1. The van der Waals surface area contributed by atoms with Gasteiger partial charge in [-0.1, -0.05) is 0 Å². The van der Waals surface area contributed by atoms with Crippen LogP contribution in [0.5, 0.6) is 0 Å². The molecule has 95 valence electrons. The van der Waals surface area contributed by atoms with Crippen molar-refractivity contribution in [3.8, 4) is 0 Å². The molecule has 1 aliphatic rings. The zero-order valence-corrected chi connectivity index (χ0v) is 9.44. The van der Waals surface area contributed by atoms with E-state index in [2.05, 4.69) is 10.6 Å². The van der Waals surface area contributed by atoms with E-state index in [1.54, 1.807) is 6.29 Å². The molecular weight excluding hydrogens is 224 g/mol. The van der Waals surface area contributed by atoms with E-state index in [1.165, 1.54) is 0 Å². The zero-order valence-electron chi connectivity index (χ0n) is 9.44. The van der Waals surface area contributed by atoms with Crippen LogP contribution in [0.25, 0.3) is 0 Å².